The molecule has 0 amide bonds. The maximum atomic E-state index is 11.2. The van der Waals surface area contributed by atoms with Crippen molar-refractivity contribution in [3.05, 3.63) is 16.1 Å². The van der Waals surface area contributed by atoms with E-state index in [0.717, 1.165) is 42.3 Å². The number of aromatic nitrogens is 1. The molecular weight excluding hydrogens is 240 g/mol. The number of aryl methyl sites for hydroxylation is 1. The van der Waals surface area contributed by atoms with Crippen LogP contribution in [0.1, 0.15) is 23.5 Å². The van der Waals surface area contributed by atoms with Gasteiger partial charge in [0.1, 0.15) is 0 Å². The Labute approximate surface area is 103 Å². The lowest BCUT2D eigenvalue weighted by atomic mass is 10.1. The fourth-order valence-electron chi connectivity index (χ4n) is 1.93. The molecule has 0 aliphatic carbocycles. The summed E-state index contributed by atoms with van der Waals surface area (Å²) in [5.41, 5.74) is 1.19. The zero-order valence-corrected chi connectivity index (χ0v) is 11.2. The third kappa shape index (κ3) is 3.64. The quantitative estimate of drug-likeness (QED) is 0.890. The third-order valence-corrected chi connectivity index (χ3v) is 5.07. The van der Waals surface area contributed by atoms with Gasteiger partial charge in [-0.25, -0.2) is 4.98 Å². The van der Waals surface area contributed by atoms with Crippen LogP contribution in [0.5, 0.6) is 0 Å². The Morgan fingerprint density at radius 3 is 2.94 bits per heavy atom. The average Bonchev–Trinajstić information content (AvgIpc) is 2.67. The molecule has 5 heteroatoms. The van der Waals surface area contributed by atoms with E-state index in [1.54, 1.807) is 11.3 Å². The van der Waals surface area contributed by atoms with E-state index in [1.165, 1.54) is 5.69 Å². The van der Waals surface area contributed by atoms with Crippen LogP contribution >= 0.6 is 11.3 Å². The van der Waals surface area contributed by atoms with Crippen molar-refractivity contribution >= 4 is 22.1 Å². The maximum Gasteiger partial charge on any atom is 0.0897 e. The minimum atomic E-state index is -0.550. The second-order valence-electron chi connectivity index (χ2n) is 4.18. The number of nitrogens with one attached hydrogen (secondary N) is 1. The number of rotatable bonds is 4. The van der Waals surface area contributed by atoms with Gasteiger partial charge in [0, 0.05) is 46.7 Å². The van der Waals surface area contributed by atoms with E-state index in [1.807, 2.05) is 6.92 Å². The van der Waals surface area contributed by atoms with E-state index in [0.29, 0.717) is 6.04 Å². The summed E-state index contributed by atoms with van der Waals surface area (Å²) in [6, 6.07) is 0.567. The first-order valence-corrected chi connectivity index (χ1v) is 8.10. The van der Waals surface area contributed by atoms with Crippen LogP contribution in [-0.2, 0) is 17.2 Å². The molecule has 2 rings (SSSR count). The first-order valence-electron chi connectivity index (χ1n) is 5.73. The molecule has 1 aromatic rings. The zero-order chi connectivity index (χ0) is 11.4. The van der Waals surface area contributed by atoms with E-state index < -0.39 is 10.8 Å². The maximum absolute atomic E-state index is 11.2. The van der Waals surface area contributed by atoms with Crippen LogP contribution in [0.2, 0.25) is 0 Å². The molecule has 1 fully saturated rings. The number of nitrogens with zero attached hydrogens (tertiary/aromatic N) is 1. The van der Waals surface area contributed by atoms with Gasteiger partial charge in [0.05, 0.1) is 10.7 Å². The number of thiazole rings is 1. The fraction of sp³-hybridized carbons (Fsp3) is 0.727. The summed E-state index contributed by atoms with van der Waals surface area (Å²) >= 11 is 1.71. The molecule has 1 aliphatic rings. The standard InChI is InChI=1S/C11H18N2OS2/c1-9-13-11(8-15-9)2-5-12-10-3-6-16(14)7-4-10/h8,10,12H,2-7H2,1H3. The van der Waals surface area contributed by atoms with Crippen LogP contribution in [0, 0.1) is 6.92 Å². The lowest BCUT2D eigenvalue weighted by Crippen LogP contribution is -2.36. The Morgan fingerprint density at radius 1 is 1.56 bits per heavy atom. The van der Waals surface area contributed by atoms with Gasteiger partial charge < -0.3 is 5.32 Å². The molecule has 2 heterocycles. The molecule has 90 valence electrons. The highest BCUT2D eigenvalue weighted by Gasteiger charge is 2.16. The predicted octanol–water partition coefficient (Wildman–Crippen LogP) is 1.49. The molecule has 0 atom stereocenters. The summed E-state index contributed by atoms with van der Waals surface area (Å²) in [5, 5.41) is 6.80. The van der Waals surface area contributed by atoms with Crippen molar-refractivity contribution in [2.45, 2.75) is 32.2 Å². The van der Waals surface area contributed by atoms with Crippen LogP contribution in [0.25, 0.3) is 0 Å². The molecule has 0 unspecified atom stereocenters. The highest BCUT2D eigenvalue weighted by Crippen LogP contribution is 2.10. The normalized spacial score (nSPS) is 25.8. The van der Waals surface area contributed by atoms with E-state index in [-0.39, 0.29) is 0 Å². The Hall–Kier alpha value is -0.260. The van der Waals surface area contributed by atoms with Crippen molar-refractivity contribution in [1.29, 1.82) is 0 Å². The van der Waals surface area contributed by atoms with Crippen LogP contribution < -0.4 is 5.32 Å². The van der Waals surface area contributed by atoms with Crippen molar-refractivity contribution < 1.29 is 4.21 Å². The molecule has 3 nitrogen and oxygen atoms in total. The molecule has 0 spiro atoms. The lowest BCUT2D eigenvalue weighted by Gasteiger charge is -2.22. The molecule has 1 N–H and O–H groups in total. The Morgan fingerprint density at radius 2 is 2.31 bits per heavy atom. The Kier molecular flexibility index (Phi) is 4.49. The number of hydrogen-bond donors (Lipinski definition) is 1. The van der Waals surface area contributed by atoms with Crippen molar-refractivity contribution in [1.82, 2.24) is 10.3 Å². The van der Waals surface area contributed by atoms with Gasteiger partial charge in [0.15, 0.2) is 0 Å². The van der Waals surface area contributed by atoms with Gasteiger partial charge >= 0.3 is 0 Å². The molecule has 1 saturated heterocycles. The van der Waals surface area contributed by atoms with Gasteiger partial charge in [-0.3, -0.25) is 4.21 Å². The first kappa shape index (κ1) is 12.2. The zero-order valence-electron chi connectivity index (χ0n) is 9.57. The molecule has 1 aromatic heterocycles. The van der Waals surface area contributed by atoms with Gasteiger partial charge in [-0.15, -0.1) is 11.3 Å². The van der Waals surface area contributed by atoms with Crippen LogP contribution in [0.3, 0.4) is 0 Å². The fourth-order valence-corrected chi connectivity index (χ4v) is 3.87. The van der Waals surface area contributed by atoms with E-state index in [9.17, 15) is 4.21 Å². The molecule has 0 aromatic carbocycles. The summed E-state index contributed by atoms with van der Waals surface area (Å²) in [6.45, 7) is 3.03. The highest BCUT2D eigenvalue weighted by atomic mass is 32.2. The summed E-state index contributed by atoms with van der Waals surface area (Å²) in [4.78, 5) is 4.44. The average molecular weight is 258 g/mol. The second-order valence-corrected chi connectivity index (χ2v) is 6.94. The van der Waals surface area contributed by atoms with Gasteiger partial charge in [0.2, 0.25) is 0 Å². The van der Waals surface area contributed by atoms with E-state index in [2.05, 4.69) is 15.7 Å². The molecule has 0 bridgehead atoms. The van der Waals surface area contributed by atoms with Crippen molar-refractivity contribution in [3.63, 3.8) is 0 Å². The topological polar surface area (TPSA) is 42.0 Å². The largest absolute Gasteiger partial charge is 0.314 e. The van der Waals surface area contributed by atoms with Gasteiger partial charge in [-0.1, -0.05) is 0 Å². The monoisotopic (exact) mass is 258 g/mol. The summed E-state index contributed by atoms with van der Waals surface area (Å²) in [7, 11) is -0.550. The smallest absolute Gasteiger partial charge is 0.0897 e. The molecule has 1 aliphatic heterocycles. The summed E-state index contributed by atoms with van der Waals surface area (Å²) in [5.74, 6) is 1.74. The lowest BCUT2D eigenvalue weighted by molar-refractivity contribution is 0.478. The van der Waals surface area contributed by atoms with Crippen LogP contribution in [-0.4, -0.2) is 33.3 Å². The number of hydrogen-bond acceptors (Lipinski definition) is 4. The first-order chi connectivity index (χ1) is 7.74. The van der Waals surface area contributed by atoms with Gasteiger partial charge in [-0.05, 0) is 19.8 Å². The van der Waals surface area contributed by atoms with Crippen LogP contribution in [0.15, 0.2) is 5.38 Å². The minimum absolute atomic E-state index is 0.550. The summed E-state index contributed by atoms with van der Waals surface area (Å²) < 4.78 is 11.2. The van der Waals surface area contributed by atoms with Crippen molar-refractivity contribution in [2.24, 2.45) is 0 Å². The molecule has 0 saturated carbocycles. The van der Waals surface area contributed by atoms with Crippen LogP contribution in [0.4, 0.5) is 0 Å². The molecule has 16 heavy (non-hydrogen) atoms. The van der Waals surface area contributed by atoms with E-state index >= 15 is 0 Å². The molecule has 0 radical (unpaired) electrons. The summed E-state index contributed by atoms with van der Waals surface area (Å²) in [6.07, 6.45) is 3.12. The van der Waals surface area contributed by atoms with E-state index in [4.69, 9.17) is 0 Å². The third-order valence-electron chi connectivity index (χ3n) is 2.87. The highest BCUT2D eigenvalue weighted by molar-refractivity contribution is 7.85. The van der Waals surface area contributed by atoms with Gasteiger partial charge in [0.25, 0.3) is 0 Å². The SMILES string of the molecule is Cc1nc(CCNC2CCS(=O)CC2)cs1. The predicted molar refractivity (Wildman–Crippen MR) is 69.5 cm³/mol. The van der Waals surface area contributed by atoms with Gasteiger partial charge in [-0.2, -0.15) is 0 Å². The van der Waals surface area contributed by atoms with Crippen molar-refractivity contribution in [2.75, 3.05) is 18.1 Å². The van der Waals surface area contributed by atoms with Crippen molar-refractivity contribution in [3.8, 4) is 0 Å². The Balaban J connectivity index is 1.66. The Bertz CT molecular complexity index is 355. The second kappa shape index (κ2) is 5.89. The molecular formula is C11H18N2OS2. The minimum Gasteiger partial charge on any atom is -0.314 e.